The maximum Gasteiger partial charge on any atom is 0.138 e. The highest BCUT2D eigenvalue weighted by Gasteiger charge is 2.28. The summed E-state index contributed by atoms with van der Waals surface area (Å²) >= 11 is 11.9. The molecule has 0 N–H and O–H groups in total. The Labute approximate surface area is 106 Å². The van der Waals surface area contributed by atoms with E-state index in [4.69, 9.17) is 23.2 Å². The van der Waals surface area contributed by atoms with Crippen molar-refractivity contribution in [2.24, 2.45) is 11.8 Å². The fourth-order valence-electron chi connectivity index (χ4n) is 2.07. The Morgan fingerprint density at radius 3 is 2.50 bits per heavy atom. The van der Waals surface area contributed by atoms with Crippen LogP contribution in [0, 0.1) is 11.8 Å². The largest absolute Gasteiger partial charge is 0.356 e. The van der Waals surface area contributed by atoms with Crippen molar-refractivity contribution in [2.45, 2.75) is 19.7 Å². The summed E-state index contributed by atoms with van der Waals surface area (Å²) in [5.41, 5.74) is 0.840. The lowest BCUT2D eigenvalue weighted by molar-refractivity contribution is 0.494. The summed E-state index contributed by atoms with van der Waals surface area (Å²) in [6, 6.07) is 0. The molecule has 16 heavy (non-hydrogen) atoms. The van der Waals surface area contributed by atoms with Crippen LogP contribution in [0.5, 0.6) is 0 Å². The number of hydrogen-bond acceptors (Lipinski definition) is 3. The average Bonchev–Trinajstić information content (AvgIpc) is 2.59. The highest BCUT2D eigenvalue weighted by Crippen LogP contribution is 2.31. The first-order chi connectivity index (χ1) is 7.63. The van der Waals surface area contributed by atoms with Gasteiger partial charge in [0.15, 0.2) is 0 Å². The molecule has 5 heteroatoms. The molecule has 2 heterocycles. The van der Waals surface area contributed by atoms with Crippen LogP contribution in [0.2, 0.25) is 5.15 Å². The van der Waals surface area contributed by atoms with Crippen LogP contribution >= 0.6 is 23.2 Å². The van der Waals surface area contributed by atoms with E-state index in [1.807, 2.05) is 0 Å². The van der Waals surface area contributed by atoms with Gasteiger partial charge in [0, 0.05) is 18.7 Å². The molecule has 2 atom stereocenters. The molecule has 0 spiro atoms. The van der Waals surface area contributed by atoms with E-state index in [2.05, 4.69) is 28.7 Å². The first kappa shape index (κ1) is 11.9. The van der Waals surface area contributed by atoms with Gasteiger partial charge in [0.2, 0.25) is 0 Å². The van der Waals surface area contributed by atoms with Gasteiger partial charge in [-0.1, -0.05) is 25.4 Å². The molecule has 1 aromatic rings. The third-order valence-electron chi connectivity index (χ3n) is 3.29. The minimum absolute atomic E-state index is 0.355. The fraction of sp³-hybridized carbons (Fsp3) is 0.636. The molecular formula is C11H15Cl2N3. The van der Waals surface area contributed by atoms with Crippen LogP contribution in [-0.4, -0.2) is 23.1 Å². The summed E-state index contributed by atoms with van der Waals surface area (Å²) < 4.78 is 0. The van der Waals surface area contributed by atoms with Gasteiger partial charge in [-0.05, 0) is 11.8 Å². The highest BCUT2D eigenvalue weighted by atomic mass is 35.5. The third-order valence-corrected chi connectivity index (χ3v) is 3.88. The van der Waals surface area contributed by atoms with E-state index in [0.29, 0.717) is 22.9 Å². The number of nitrogens with zero attached hydrogens (tertiary/aromatic N) is 3. The molecule has 88 valence electrons. The second-order valence-electron chi connectivity index (χ2n) is 4.46. The summed E-state index contributed by atoms with van der Waals surface area (Å²) in [5, 5.41) is 0.465. The predicted molar refractivity (Wildman–Crippen MR) is 67.1 cm³/mol. The smallest absolute Gasteiger partial charge is 0.138 e. The Hall–Kier alpha value is -0.540. The molecule has 2 rings (SSSR count). The lowest BCUT2D eigenvalue weighted by atomic mass is 10.0. The van der Waals surface area contributed by atoms with Crippen LogP contribution < -0.4 is 4.90 Å². The van der Waals surface area contributed by atoms with Gasteiger partial charge < -0.3 is 4.90 Å². The number of alkyl halides is 1. The van der Waals surface area contributed by atoms with E-state index in [9.17, 15) is 0 Å². The van der Waals surface area contributed by atoms with Gasteiger partial charge >= 0.3 is 0 Å². The van der Waals surface area contributed by atoms with Crippen LogP contribution in [0.4, 0.5) is 5.82 Å². The minimum atomic E-state index is 0.355. The summed E-state index contributed by atoms with van der Waals surface area (Å²) in [6.07, 6.45) is 1.50. The van der Waals surface area contributed by atoms with Crippen molar-refractivity contribution < 1.29 is 0 Å². The molecule has 1 aliphatic heterocycles. The van der Waals surface area contributed by atoms with Crippen LogP contribution in [0.1, 0.15) is 19.4 Å². The van der Waals surface area contributed by atoms with Gasteiger partial charge in [0.25, 0.3) is 0 Å². The summed E-state index contributed by atoms with van der Waals surface area (Å²) in [6.45, 7) is 6.54. The molecule has 0 radical (unpaired) electrons. The van der Waals surface area contributed by atoms with Gasteiger partial charge in [0.1, 0.15) is 17.3 Å². The van der Waals surface area contributed by atoms with Crippen molar-refractivity contribution in [3.8, 4) is 0 Å². The van der Waals surface area contributed by atoms with Crippen LogP contribution in [0.15, 0.2) is 6.33 Å². The second kappa shape index (κ2) is 4.76. The Bertz CT molecular complexity index is 373. The van der Waals surface area contributed by atoms with E-state index in [0.717, 1.165) is 24.5 Å². The van der Waals surface area contributed by atoms with Crippen molar-refractivity contribution in [1.82, 2.24) is 9.97 Å². The second-order valence-corrected chi connectivity index (χ2v) is 5.09. The monoisotopic (exact) mass is 259 g/mol. The van der Waals surface area contributed by atoms with Gasteiger partial charge in [-0.25, -0.2) is 9.97 Å². The molecule has 1 aliphatic rings. The van der Waals surface area contributed by atoms with Crippen molar-refractivity contribution in [3.05, 3.63) is 17.0 Å². The van der Waals surface area contributed by atoms with Crippen LogP contribution in [-0.2, 0) is 5.88 Å². The molecule has 0 aromatic carbocycles. The molecule has 0 saturated carbocycles. The van der Waals surface area contributed by atoms with Crippen molar-refractivity contribution in [2.75, 3.05) is 18.0 Å². The molecule has 1 fully saturated rings. The topological polar surface area (TPSA) is 29.0 Å². The number of hydrogen-bond donors (Lipinski definition) is 0. The molecule has 2 unspecified atom stereocenters. The quantitative estimate of drug-likeness (QED) is 0.604. The molecule has 0 amide bonds. The molecular weight excluding hydrogens is 245 g/mol. The van der Waals surface area contributed by atoms with Gasteiger partial charge in [-0.2, -0.15) is 0 Å². The predicted octanol–water partition coefficient (Wildman–Crippen LogP) is 2.96. The Kier molecular flexibility index (Phi) is 3.55. The van der Waals surface area contributed by atoms with Gasteiger partial charge in [-0.15, -0.1) is 11.6 Å². The van der Waals surface area contributed by atoms with E-state index < -0.39 is 0 Å². The molecule has 0 bridgehead atoms. The van der Waals surface area contributed by atoms with E-state index in [1.165, 1.54) is 6.33 Å². The van der Waals surface area contributed by atoms with Gasteiger partial charge in [0.05, 0.1) is 5.88 Å². The standard InChI is InChI=1S/C11H15Cl2N3/c1-7-4-16(5-8(7)2)11-9(3-12)10(13)14-6-15-11/h6-8H,3-5H2,1-2H3. The lowest BCUT2D eigenvalue weighted by Gasteiger charge is -2.19. The first-order valence-corrected chi connectivity index (χ1v) is 6.35. The maximum atomic E-state index is 6.02. The molecule has 1 aromatic heterocycles. The van der Waals surface area contributed by atoms with E-state index >= 15 is 0 Å². The third kappa shape index (κ3) is 2.11. The zero-order chi connectivity index (χ0) is 11.7. The van der Waals surface area contributed by atoms with Crippen molar-refractivity contribution in [1.29, 1.82) is 0 Å². The van der Waals surface area contributed by atoms with E-state index in [-0.39, 0.29) is 0 Å². The van der Waals surface area contributed by atoms with Crippen LogP contribution in [0.3, 0.4) is 0 Å². The first-order valence-electron chi connectivity index (χ1n) is 5.43. The number of halogens is 2. The normalized spacial score (nSPS) is 25.1. The lowest BCUT2D eigenvalue weighted by Crippen LogP contribution is -2.22. The zero-order valence-electron chi connectivity index (χ0n) is 9.45. The molecule has 3 nitrogen and oxygen atoms in total. The van der Waals surface area contributed by atoms with Crippen molar-refractivity contribution >= 4 is 29.0 Å². The highest BCUT2D eigenvalue weighted by molar-refractivity contribution is 6.31. The van der Waals surface area contributed by atoms with Crippen LogP contribution in [0.25, 0.3) is 0 Å². The Morgan fingerprint density at radius 1 is 1.31 bits per heavy atom. The summed E-state index contributed by atoms with van der Waals surface area (Å²) in [4.78, 5) is 10.5. The van der Waals surface area contributed by atoms with Crippen molar-refractivity contribution in [3.63, 3.8) is 0 Å². The average molecular weight is 260 g/mol. The maximum absolute atomic E-state index is 6.02. The fourth-order valence-corrected chi connectivity index (χ4v) is 2.58. The van der Waals surface area contributed by atoms with Gasteiger partial charge in [-0.3, -0.25) is 0 Å². The summed E-state index contributed by atoms with van der Waals surface area (Å²) in [7, 11) is 0. The Balaban J connectivity index is 2.31. The molecule has 0 aliphatic carbocycles. The number of anilines is 1. The number of rotatable bonds is 2. The SMILES string of the molecule is CC1CN(c2ncnc(Cl)c2CCl)CC1C. The molecule has 1 saturated heterocycles. The Morgan fingerprint density at radius 2 is 1.94 bits per heavy atom. The minimum Gasteiger partial charge on any atom is -0.356 e. The number of aromatic nitrogens is 2. The summed E-state index contributed by atoms with van der Waals surface area (Å²) in [5.74, 6) is 2.61. The zero-order valence-corrected chi connectivity index (χ0v) is 11.0. The van der Waals surface area contributed by atoms with E-state index in [1.54, 1.807) is 0 Å².